The van der Waals surface area contributed by atoms with E-state index >= 15 is 0 Å². The first-order chi connectivity index (χ1) is 5.93. The molecule has 0 saturated carbocycles. The summed E-state index contributed by atoms with van der Waals surface area (Å²) in [6.07, 6.45) is -0.241. The molecule has 0 radical (unpaired) electrons. The zero-order valence-corrected chi connectivity index (χ0v) is 9.25. The molecule has 0 rings (SSSR count). The molecule has 5 nitrogen and oxygen atoms in total. The van der Waals surface area contributed by atoms with Crippen molar-refractivity contribution in [3.8, 4) is 0 Å². The van der Waals surface area contributed by atoms with E-state index < -0.39 is 14.8 Å². The topological polar surface area (TPSA) is 61.8 Å². The Kier molecular flexibility index (Phi) is 4.82. The van der Waals surface area contributed by atoms with Crippen molar-refractivity contribution in [2.75, 3.05) is 14.2 Å². The third kappa shape index (κ3) is 4.76. The second kappa shape index (κ2) is 5.10. The maximum atomic E-state index is 11.0. The summed E-state index contributed by atoms with van der Waals surface area (Å²) in [4.78, 5) is 21.6. The van der Waals surface area contributed by atoms with Gasteiger partial charge in [-0.25, -0.2) is 0 Å². The normalized spacial score (nSPS) is 11.1. The van der Waals surface area contributed by atoms with Gasteiger partial charge in [0.2, 0.25) is 0 Å². The molecule has 0 bridgehead atoms. The molecule has 0 aromatic rings. The quantitative estimate of drug-likeness (QED) is 0.480. The standard InChI is InChI=1S/C7H14O5Si/c1-6(8)5-7(9)12-13(4,10-2)11-3/h5H2,1-4H3. The van der Waals surface area contributed by atoms with Gasteiger partial charge in [0.05, 0.1) is 0 Å². The third-order valence-electron chi connectivity index (χ3n) is 1.43. The molecular formula is C7H14O5Si. The Morgan fingerprint density at radius 2 is 1.69 bits per heavy atom. The molecular weight excluding hydrogens is 192 g/mol. The number of carbonyl (C=O) groups excluding carboxylic acids is 2. The maximum absolute atomic E-state index is 11.0. The van der Waals surface area contributed by atoms with Crippen LogP contribution in [0.3, 0.4) is 0 Å². The van der Waals surface area contributed by atoms with E-state index in [4.69, 9.17) is 13.3 Å². The van der Waals surface area contributed by atoms with Gasteiger partial charge in [-0.05, 0) is 6.92 Å². The first-order valence-corrected chi connectivity index (χ1v) is 5.97. The second-order valence-electron chi connectivity index (χ2n) is 2.62. The van der Waals surface area contributed by atoms with Gasteiger partial charge >= 0.3 is 14.8 Å². The van der Waals surface area contributed by atoms with Crippen molar-refractivity contribution in [1.29, 1.82) is 0 Å². The Hall–Kier alpha value is -0.723. The fourth-order valence-electron chi connectivity index (χ4n) is 0.613. The number of hydrogen-bond donors (Lipinski definition) is 0. The smallest absolute Gasteiger partial charge is 0.473 e. The highest BCUT2D eigenvalue weighted by Gasteiger charge is 2.36. The molecule has 0 spiro atoms. The Balaban J connectivity index is 4.09. The molecule has 13 heavy (non-hydrogen) atoms. The van der Waals surface area contributed by atoms with Gasteiger partial charge in [0.1, 0.15) is 12.2 Å². The molecule has 6 heteroatoms. The van der Waals surface area contributed by atoms with Gasteiger partial charge in [-0.15, -0.1) is 0 Å². The average molecular weight is 206 g/mol. The molecule has 0 N–H and O–H groups in total. The summed E-state index contributed by atoms with van der Waals surface area (Å²) < 4.78 is 14.7. The summed E-state index contributed by atoms with van der Waals surface area (Å²) in [5, 5.41) is 0. The van der Waals surface area contributed by atoms with E-state index in [9.17, 15) is 9.59 Å². The monoisotopic (exact) mass is 206 g/mol. The summed E-state index contributed by atoms with van der Waals surface area (Å²) in [7, 11) is -0.0299. The molecule has 76 valence electrons. The van der Waals surface area contributed by atoms with Crippen LogP contribution in [-0.4, -0.2) is 34.8 Å². The van der Waals surface area contributed by atoms with E-state index in [1.807, 2.05) is 0 Å². The molecule has 0 aromatic carbocycles. The van der Waals surface area contributed by atoms with Crippen LogP contribution in [0.5, 0.6) is 0 Å². The van der Waals surface area contributed by atoms with Gasteiger partial charge in [0.25, 0.3) is 0 Å². The molecule has 0 atom stereocenters. The fourth-order valence-corrected chi connectivity index (χ4v) is 1.43. The zero-order chi connectivity index (χ0) is 10.5. The lowest BCUT2D eigenvalue weighted by Gasteiger charge is -2.20. The van der Waals surface area contributed by atoms with Crippen molar-refractivity contribution >= 4 is 20.6 Å². The Morgan fingerprint density at radius 3 is 2.00 bits per heavy atom. The summed E-state index contributed by atoms with van der Waals surface area (Å²) in [6, 6.07) is 0. The van der Waals surface area contributed by atoms with Gasteiger partial charge in [-0.2, -0.15) is 0 Å². The third-order valence-corrected chi connectivity index (χ3v) is 3.52. The summed E-state index contributed by atoms with van der Waals surface area (Å²) in [5.41, 5.74) is 0. The Bertz CT molecular complexity index is 199. The molecule has 0 amide bonds. The van der Waals surface area contributed by atoms with Crippen LogP contribution in [0.4, 0.5) is 0 Å². The minimum atomic E-state index is -2.83. The summed E-state index contributed by atoms with van der Waals surface area (Å²) in [6.45, 7) is 2.89. The molecule has 0 aliphatic carbocycles. The van der Waals surface area contributed by atoms with E-state index in [1.54, 1.807) is 6.55 Å². The molecule has 0 aliphatic heterocycles. The fraction of sp³-hybridized carbons (Fsp3) is 0.714. The van der Waals surface area contributed by atoms with E-state index in [-0.39, 0.29) is 12.2 Å². The largest absolute Gasteiger partial charge is 0.564 e. The first kappa shape index (κ1) is 12.3. The van der Waals surface area contributed by atoms with Crippen LogP contribution >= 0.6 is 0 Å². The van der Waals surface area contributed by atoms with Gasteiger partial charge in [0, 0.05) is 20.8 Å². The van der Waals surface area contributed by atoms with Crippen molar-refractivity contribution < 1.29 is 22.9 Å². The molecule has 0 saturated heterocycles. The van der Waals surface area contributed by atoms with Crippen LogP contribution in [0.25, 0.3) is 0 Å². The lowest BCUT2D eigenvalue weighted by atomic mass is 10.3. The highest BCUT2D eigenvalue weighted by molar-refractivity contribution is 6.60. The summed E-state index contributed by atoms with van der Waals surface area (Å²) >= 11 is 0. The molecule has 0 heterocycles. The van der Waals surface area contributed by atoms with Crippen LogP contribution in [-0.2, 0) is 22.9 Å². The Labute approximate surface area is 78.3 Å². The number of carbonyl (C=O) groups is 2. The lowest BCUT2D eigenvalue weighted by Crippen LogP contribution is -2.42. The number of Topliss-reactive ketones (excluding diaryl/α,β-unsaturated/α-hetero) is 1. The molecule has 0 fully saturated rings. The number of rotatable bonds is 5. The first-order valence-electron chi connectivity index (χ1n) is 3.75. The van der Waals surface area contributed by atoms with Crippen LogP contribution in [0, 0.1) is 0 Å². The predicted octanol–water partition coefficient (Wildman–Crippen LogP) is 0.370. The highest BCUT2D eigenvalue weighted by Crippen LogP contribution is 2.07. The predicted molar refractivity (Wildman–Crippen MR) is 47.0 cm³/mol. The van der Waals surface area contributed by atoms with Crippen LogP contribution in [0.1, 0.15) is 13.3 Å². The van der Waals surface area contributed by atoms with E-state index in [0.717, 1.165) is 0 Å². The molecule has 0 aromatic heterocycles. The van der Waals surface area contributed by atoms with Crippen LogP contribution in [0.15, 0.2) is 0 Å². The van der Waals surface area contributed by atoms with Crippen molar-refractivity contribution in [2.45, 2.75) is 19.9 Å². The van der Waals surface area contributed by atoms with Crippen molar-refractivity contribution in [3.63, 3.8) is 0 Å². The van der Waals surface area contributed by atoms with Gasteiger partial charge in [-0.3, -0.25) is 9.59 Å². The van der Waals surface area contributed by atoms with Crippen LogP contribution in [0.2, 0.25) is 6.55 Å². The van der Waals surface area contributed by atoms with Crippen molar-refractivity contribution in [2.24, 2.45) is 0 Å². The molecule has 0 aliphatic rings. The van der Waals surface area contributed by atoms with E-state index in [0.29, 0.717) is 0 Å². The highest BCUT2D eigenvalue weighted by atomic mass is 28.4. The lowest BCUT2D eigenvalue weighted by molar-refractivity contribution is -0.141. The van der Waals surface area contributed by atoms with Crippen molar-refractivity contribution in [1.82, 2.24) is 0 Å². The summed E-state index contributed by atoms with van der Waals surface area (Å²) in [5.74, 6) is -0.848. The van der Waals surface area contributed by atoms with Gasteiger partial charge < -0.3 is 13.3 Å². The maximum Gasteiger partial charge on any atom is 0.564 e. The van der Waals surface area contributed by atoms with Gasteiger partial charge in [0.15, 0.2) is 0 Å². The average Bonchev–Trinajstić information content (AvgIpc) is 2.02. The van der Waals surface area contributed by atoms with E-state index in [1.165, 1.54) is 21.1 Å². The zero-order valence-electron chi connectivity index (χ0n) is 8.25. The van der Waals surface area contributed by atoms with Crippen LogP contribution < -0.4 is 0 Å². The second-order valence-corrected chi connectivity index (χ2v) is 5.37. The number of ketones is 1. The minimum absolute atomic E-state index is 0.241. The SMILES string of the molecule is CO[Si](C)(OC)OC(=O)CC(C)=O. The number of hydrogen-bond acceptors (Lipinski definition) is 5. The van der Waals surface area contributed by atoms with Crippen molar-refractivity contribution in [3.05, 3.63) is 0 Å². The molecule has 0 unspecified atom stereocenters. The van der Waals surface area contributed by atoms with E-state index in [2.05, 4.69) is 0 Å². The van der Waals surface area contributed by atoms with Gasteiger partial charge in [-0.1, -0.05) is 0 Å². The Morgan fingerprint density at radius 1 is 1.23 bits per heavy atom. The minimum Gasteiger partial charge on any atom is -0.473 e.